The Bertz CT molecular complexity index is 383. The summed E-state index contributed by atoms with van der Waals surface area (Å²) in [6.07, 6.45) is 0. The molecule has 116 valence electrons. The van der Waals surface area contributed by atoms with Crippen molar-refractivity contribution in [3.63, 3.8) is 0 Å². The van der Waals surface area contributed by atoms with Gasteiger partial charge in [-0.3, -0.25) is 4.79 Å². The maximum Gasteiger partial charge on any atom is 0.302 e. The second-order valence-corrected chi connectivity index (χ2v) is 3.42. The van der Waals surface area contributed by atoms with Gasteiger partial charge in [0.25, 0.3) is 0 Å². The summed E-state index contributed by atoms with van der Waals surface area (Å²) in [5.41, 5.74) is 1.02. The molecule has 0 bridgehead atoms. The topological polar surface area (TPSA) is 26.3 Å². The predicted molar refractivity (Wildman–Crippen MR) is 91.1 cm³/mol. The van der Waals surface area contributed by atoms with Gasteiger partial charge in [-0.15, -0.1) is 0 Å². The van der Waals surface area contributed by atoms with Gasteiger partial charge in [-0.25, -0.2) is 0 Å². The molecule has 0 aliphatic rings. The highest BCUT2D eigenvalue weighted by Gasteiger charge is 1.93. The molecule has 2 nitrogen and oxygen atoms in total. The van der Waals surface area contributed by atoms with Crippen molar-refractivity contribution in [3.05, 3.63) is 72.3 Å². The lowest BCUT2D eigenvalue weighted by atomic mass is 10.2. The van der Waals surface area contributed by atoms with E-state index < -0.39 is 0 Å². The van der Waals surface area contributed by atoms with Gasteiger partial charge in [0.1, 0.15) is 6.61 Å². The molecule has 0 aliphatic carbocycles. The smallest absolute Gasteiger partial charge is 0.302 e. The number of benzene rings is 2. The average molecular weight is 288 g/mol. The Morgan fingerprint density at radius 3 is 1.43 bits per heavy atom. The van der Waals surface area contributed by atoms with Crippen LogP contribution in [-0.2, 0) is 16.1 Å². The lowest BCUT2D eigenvalue weighted by Crippen LogP contribution is -1.97. The summed E-state index contributed by atoms with van der Waals surface area (Å²) in [5.74, 6) is -0.242. The Morgan fingerprint density at radius 2 is 1.10 bits per heavy atom. The van der Waals surface area contributed by atoms with Gasteiger partial charge in [0.15, 0.2) is 0 Å². The molecule has 21 heavy (non-hydrogen) atoms. The number of ether oxygens (including phenoxy) is 1. The zero-order valence-corrected chi connectivity index (χ0v) is 13.9. The number of rotatable bonds is 2. The number of carbonyl (C=O) groups excluding carboxylic acids is 1. The Morgan fingerprint density at radius 1 is 0.762 bits per heavy atom. The summed E-state index contributed by atoms with van der Waals surface area (Å²) < 4.78 is 4.79. The van der Waals surface area contributed by atoms with Crippen LogP contribution < -0.4 is 0 Å². The van der Waals surface area contributed by atoms with E-state index in [-0.39, 0.29) is 5.97 Å². The minimum atomic E-state index is -0.242. The van der Waals surface area contributed by atoms with Gasteiger partial charge < -0.3 is 4.74 Å². The Labute approximate surface area is 129 Å². The van der Waals surface area contributed by atoms with Crippen LogP contribution in [0.4, 0.5) is 0 Å². The van der Waals surface area contributed by atoms with Crippen molar-refractivity contribution in [3.8, 4) is 0 Å². The molecular weight excluding hydrogens is 260 g/mol. The average Bonchev–Trinajstić information content (AvgIpc) is 2.60. The summed E-state index contributed by atoms with van der Waals surface area (Å²) in [5, 5.41) is 0. The molecule has 0 saturated heterocycles. The van der Waals surface area contributed by atoms with E-state index in [9.17, 15) is 4.79 Å². The van der Waals surface area contributed by atoms with Crippen LogP contribution in [0, 0.1) is 0 Å². The quantitative estimate of drug-likeness (QED) is 0.683. The van der Waals surface area contributed by atoms with Crippen LogP contribution in [0.1, 0.15) is 40.2 Å². The molecule has 2 aromatic carbocycles. The third kappa shape index (κ3) is 15.9. The largest absolute Gasteiger partial charge is 0.461 e. The summed E-state index contributed by atoms with van der Waals surface area (Å²) >= 11 is 0. The summed E-state index contributed by atoms with van der Waals surface area (Å²) in [6, 6.07) is 21.6. The van der Waals surface area contributed by atoms with E-state index in [2.05, 4.69) is 0 Å². The van der Waals surface area contributed by atoms with Crippen LogP contribution >= 0.6 is 0 Å². The standard InChI is InChI=1S/C9H10O2.C6H6.2C2H6/c1-8(10)11-7-9-5-3-2-4-6-9;1-2-4-6-5-3-1;2*1-2/h2-6H,7H2,1H3;1-6H;2*1-2H3. The SMILES string of the molecule is CC.CC.CC(=O)OCc1ccccc1.c1ccccc1. The van der Waals surface area contributed by atoms with Crippen molar-refractivity contribution in [2.75, 3.05) is 0 Å². The lowest BCUT2D eigenvalue weighted by molar-refractivity contribution is -0.142. The Balaban J connectivity index is 0. The van der Waals surface area contributed by atoms with E-state index >= 15 is 0 Å². The fraction of sp³-hybridized carbons (Fsp3) is 0.316. The first-order chi connectivity index (χ1) is 10.3. The summed E-state index contributed by atoms with van der Waals surface area (Å²) in [6.45, 7) is 9.78. The van der Waals surface area contributed by atoms with Crippen molar-refractivity contribution < 1.29 is 9.53 Å². The van der Waals surface area contributed by atoms with Gasteiger partial charge in [-0.1, -0.05) is 94.4 Å². The molecule has 0 aliphatic heterocycles. The molecule has 0 unspecified atom stereocenters. The molecule has 0 heterocycles. The normalized spacial score (nSPS) is 7.67. The van der Waals surface area contributed by atoms with Crippen LogP contribution in [0.3, 0.4) is 0 Å². The monoisotopic (exact) mass is 288 g/mol. The van der Waals surface area contributed by atoms with E-state index in [4.69, 9.17) is 4.74 Å². The van der Waals surface area contributed by atoms with Crippen molar-refractivity contribution in [1.29, 1.82) is 0 Å². The lowest BCUT2D eigenvalue weighted by Gasteiger charge is -1.99. The van der Waals surface area contributed by atoms with Crippen LogP contribution in [-0.4, -0.2) is 5.97 Å². The first kappa shape index (κ1) is 21.2. The molecule has 2 heteroatoms. The number of hydrogen-bond donors (Lipinski definition) is 0. The second-order valence-electron chi connectivity index (χ2n) is 3.42. The molecule has 2 rings (SSSR count). The highest BCUT2D eigenvalue weighted by Crippen LogP contribution is 1.99. The molecule has 0 N–H and O–H groups in total. The summed E-state index contributed by atoms with van der Waals surface area (Å²) in [4.78, 5) is 10.4. The van der Waals surface area contributed by atoms with Crippen LogP contribution in [0.2, 0.25) is 0 Å². The maximum absolute atomic E-state index is 10.4. The van der Waals surface area contributed by atoms with E-state index in [1.807, 2.05) is 94.4 Å². The summed E-state index contributed by atoms with van der Waals surface area (Å²) in [7, 11) is 0. The first-order valence-electron chi connectivity index (χ1n) is 7.46. The molecule has 2 aromatic rings. The van der Waals surface area contributed by atoms with Gasteiger partial charge in [0, 0.05) is 6.92 Å². The van der Waals surface area contributed by atoms with E-state index in [0.29, 0.717) is 6.61 Å². The van der Waals surface area contributed by atoms with Crippen molar-refractivity contribution in [2.45, 2.75) is 41.2 Å². The number of hydrogen-bond acceptors (Lipinski definition) is 2. The zero-order chi connectivity index (χ0) is 16.3. The first-order valence-corrected chi connectivity index (χ1v) is 7.46. The van der Waals surface area contributed by atoms with E-state index in [1.54, 1.807) is 0 Å². The fourth-order valence-electron chi connectivity index (χ4n) is 1.14. The highest BCUT2D eigenvalue weighted by molar-refractivity contribution is 5.65. The van der Waals surface area contributed by atoms with Gasteiger partial charge in [-0.2, -0.15) is 0 Å². The predicted octanol–water partition coefficient (Wildman–Crippen LogP) is 5.49. The maximum atomic E-state index is 10.4. The van der Waals surface area contributed by atoms with Crippen molar-refractivity contribution in [2.24, 2.45) is 0 Å². The van der Waals surface area contributed by atoms with Crippen LogP contribution in [0.5, 0.6) is 0 Å². The molecular formula is C19H28O2. The molecule has 0 amide bonds. The van der Waals surface area contributed by atoms with Gasteiger partial charge in [0.2, 0.25) is 0 Å². The molecule has 0 atom stereocenters. The highest BCUT2D eigenvalue weighted by atomic mass is 16.5. The molecule has 0 aromatic heterocycles. The van der Waals surface area contributed by atoms with Gasteiger partial charge in [0.05, 0.1) is 0 Å². The Hall–Kier alpha value is -2.09. The molecule has 0 saturated carbocycles. The van der Waals surface area contributed by atoms with E-state index in [0.717, 1.165) is 5.56 Å². The molecule has 0 fully saturated rings. The van der Waals surface area contributed by atoms with Crippen LogP contribution in [0.25, 0.3) is 0 Å². The number of carbonyl (C=O) groups is 1. The third-order valence-corrected chi connectivity index (χ3v) is 1.95. The van der Waals surface area contributed by atoms with Crippen molar-refractivity contribution >= 4 is 5.97 Å². The minimum absolute atomic E-state index is 0.242. The van der Waals surface area contributed by atoms with Crippen LogP contribution in [0.15, 0.2) is 66.7 Å². The molecule has 0 spiro atoms. The van der Waals surface area contributed by atoms with Gasteiger partial charge in [-0.05, 0) is 5.56 Å². The molecule has 0 radical (unpaired) electrons. The second kappa shape index (κ2) is 17.9. The fourth-order valence-corrected chi connectivity index (χ4v) is 1.14. The Kier molecular flexibility index (Phi) is 18.1. The number of esters is 1. The van der Waals surface area contributed by atoms with Crippen molar-refractivity contribution in [1.82, 2.24) is 0 Å². The van der Waals surface area contributed by atoms with Gasteiger partial charge >= 0.3 is 5.97 Å². The minimum Gasteiger partial charge on any atom is -0.461 e. The van der Waals surface area contributed by atoms with E-state index in [1.165, 1.54) is 6.92 Å². The third-order valence-electron chi connectivity index (χ3n) is 1.95. The zero-order valence-electron chi connectivity index (χ0n) is 13.9.